The number of methoxy groups -OCH3 is 1. The highest BCUT2D eigenvalue weighted by Crippen LogP contribution is 2.30. The SMILES string of the molecule is COc1ccc(/C=C2\COc3ccccc3C2=O)cc1Br. The van der Waals surface area contributed by atoms with Crippen LogP contribution in [0.15, 0.2) is 52.5 Å². The summed E-state index contributed by atoms with van der Waals surface area (Å²) in [6.07, 6.45) is 1.85. The number of para-hydroxylation sites is 1. The van der Waals surface area contributed by atoms with Crippen molar-refractivity contribution in [1.82, 2.24) is 0 Å². The van der Waals surface area contributed by atoms with E-state index in [1.807, 2.05) is 42.5 Å². The summed E-state index contributed by atoms with van der Waals surface area (Å²) in [5.41, 5.74) is 2.18. The summed E-state index contributed by atoms with van der Waals surface area (Å²) in [6.45, 7) is 0.291. The summed E-state index contributed by atoms with van der Waals surface area (Å²) in [6, 6.07) is 13.0. The standard InChI is InChI=1S/C17H13BrO3/c1-20-16-7-6-11(9-14(16)18)8-12-10-21-15-5-3-2-4-13(15)17(12)19/h2-9H,10H2,1H3/b12-8+. The maximum absolute atomic E-state index is 12.4. The molecule has 1 aliphatic rings. The van der Waals surface area contributed by atoms with Crippen molar-refractivity contribution in [3.8, 4) is 11.5 Å². The lowest BCUT2D eigenvalue weighted by Crippen LogP contribution is -2.18. The Morgan fingerprint density at radius 1 is 1.24 bits per heavy atom. The van der Waals surface area contributed by atoms with Crippen LogP contribution in [0.4, 0.5) is 0 Å². The van der Waals surface area contributed by atoms with Gasteiger partial charge in [-0.05, 0) is 51.8 Å². The topological polar surface area (TPSA) is 35.5 Å². The minimum absolute atomic E-state index is 0.0174. The quantitative estimate of drug-likeness (QED) is 0.769. The molecule has 1 heterocycles. The molecule has 0 saturated heterocycles. The molecule has 106 valence electrons. The highest BCUT2D eigenvalue weighted by Gasteiger charge is 2.22. The Hall–Kier alpha value is -2.07. The smallest absolute Gasteiger partial charge is 0.196 e. The maximum Gasteiger partial charge on any atom is 0.196 e. The third kappa shape index (κ3) is 2.72. The Labute approximate surface area is 131 Å². The molecule has 4 heteroatoms. The molecule has 2 aromatic rings. The van der Waals surface area contributed by atoms with Gasteiger partial charge >= 0.3 is 0 Å². The molecule has 0 saturated carbocycles. The second-order valence-corrected chi connectivity index (χ2v) is 5.53. The number of benzene rings is 2. The number of Topliss-reactive ketones (excluding diaryl/α,β-unsaturated/α-hetero) is 1. The van der Waals surface area contributed by atoms with Gasteiger partial charge in [0.25, 0.3) is 0 Å². The molecule has 0 aliphatic carbocycles. The number of hydrogen-bond donors (Lipinski definition) is 0. The monoisotopic (exact) mass is 344 g/mol. The van der Waals surface area contributed by atoms with Crippen LogP contribution in [0.25, 0.3) is 6.08 Å². The molecule has 21 heavy (non-hydrogen) atoms. The number of carbonyl (C=O) groups is 1. The van der Waals surface area contributed by atoms with Gasteiger partial charge < -0.3 is 9.47 Å². The van der Waals surface area contributed by atoms with Crippen molar-refractivity contribution in [1.29, 1.82) is 0 Å². The number of halogens is 1. The Bertz CT molecular complexity index is 735. The molecule has 0 N–H and O–H groups in total. The van der Waals surface area contributed by atoms with E-state index in [1.165, 1.54) is 0 Å². The Morgan fingerprint density at radius 2 is 2.05 bits per heavy atom. The highest BCUT2D eigenvalue weighted by atomic mass is 79.9. The molecule has 0 spiro atoms. The Kier molecular flexibility index (Phi) is 3.80. The zero-order chi connectivity index (χ0) is 14.8. The molecule has 2 aromatic carbocycles. The zero-order valence-corrected chi connectivity index (χ0v) is 13.0. The number of rotatable bonds is 2. The minimum atomic E-state index is 0.0174. The second-order valence-electron chi connectivity index (χ2n) is 4.68. The van der Waals surface area contributed by atoms with E-state index in [0.717, 1.165) is 15.8 Å². The van der Waals surface area contributed by atoms with E-state index in [2.05, 4.69) is 15.9 Å². The van der Waals surface area contributed by atoms with E-state index in [0.29, 0.717) is 23.5 Å². The molecule has 0 aromatic heterocycles. The van der Waals surface area contributed by atoms with Crippen LogP contribution < -0.4 is 9.47 Å². The van der Waals surface area contributed by atoms with Crippen LogP contribution in [0, 0.1) is 0 Å². The second kappa shape index (κ2) is 5.74. The van der Waals surface area contributed by atoms with Crippen molar-refractivity contribution >= 4 is 27.8 Å². The molecule has 0 atom stereocenters. The Balaban J connectivity index is 1.95. The number of carbonyl (C=O) groups excluding carboxylic acids is 1. The number of ketones is 1. The van der Waals surface area contributed by atoms with Crippen molar-refractivity contribution in [2.75, 3.05) is 13.7 Å². The van der Waals surface area contributed by atoms with Crippen LogP contribution in [0.5, 0.6) is 11.5 Å². The van der Waals surface area contributed by atoms with Crippen molar-refractivity contribution in [3.63, 3.8) is 0 Å². The van der Waals surface area contributed by atoms with E-state index < -0.39 is 0 Å². The van der Waals surface area contributed by atoms with Gasteiger partial charge in [0.15, 0.2) is 5.78 Å². The van der Waals surface area contributed by atoms with E-state index in [1.54, 1.807) is 13.2 Å². The molecule has 3 rings (SSSR count). The molecular formula is C17H13BrO3. The van der Waals surface area contributed by atoms with Gasteiger partial charge in [-0.25, -0.2) is 0 Å². The molecular weight excluding hydrogens is 332 g/mol. The third-order valence-corrected chi connectivity index (χ3v) is 3.94. The number of ether oxygens (including phenoxy) is 2. The van der Waals surface area contributed by atoms with Crippen molar-refractivity contribution < 1.29 is 14.3 Å². The maximum atomic E-state index is 12.4. The summed E-state index contributed by atoms with van der Waals surface area (Å²) in [5, 5.41) is 0. The average Bonchev–Trinajstić information content (AvgIpc) is 2.51. The summed E-state index contributed by atoms with van der Waals surface area (Å²) in [7, 11) is 1.62. The van der Waals surface area contributed by atoms with E-state index in [4.69, 9.17) is 9.47 Å². The van der Waals surface area contributed by atoms with Crippen LogP contribution in [0.3, 0.4) is 0 Å². The summed E-state index contributed by atoms with van der Waals surface area (Å²) in [5.74, 6) is 1.42. The predicted molar refractivity (Wildman–Crippen MR) is 84.9 cm³/mol. The molecule has 0 amide bonds. The van der Waals surface area contributed by atoms with Gasteiger partial charge in [0.05, 0.1) is 17.1 Å². The first-order chi connectivity index (χ1) is 10.2. The van der Waals surface area contributed by atoms with Crippen LogP contribution in [-0.4, -0.2) is 19.5 Å². The van der Waals surface area contributed by atoms with E-state index >= 15 is 0 Å². The summed E-state index contributed by atoms with van der Waals surface area (Å²) in [4.78, 5) is 12.4. The Morgan fingerprint density at radius 3 is 2.81 bits per heavy atom. The summed E-state index contributed by atoms with van der Waals surface area (Å²) >= 11 is 3.44. The first-order valence-electron chi connectivity index (χ1n) is 6.49. The zero-order valence-electron chi connectivity index (χ0n) is 11.4. The van der Waals surface area contributed by atoms with E-state index in [-0.39, 0.29) is 5.78 Å². The fourth-order valence-electron chi connectivity index (χ4n) is 2.25. The number of fused-ring (bicyclic) bond motifs is 1. The lowest BCUT2D eigenvalue weighted by Gasteiger charge is -2.18. The van der Waals surface area contributed by atoms with Crippen LogP contribution >= 0.6 is 15.9 Å². The van der Waals surface area contributed by atoms with Gasteiger partial charge in [0, 0.05) is 5.57 Å². The predicted octanol–water partition coefficient (Wildman–Crippen LogP) is 4.12. The fourth-order valence-corrected chi connectivity index (χ4v) is 2.81. The molecule has 0 bridgehead atoms. The minimum Gasteiger partial charge on any atom is -0.496 e. The molecule has 0 radical (unpaired) electrons. The van der Waals surface area contributed by atoms with Crippen molar-refractivity contribution in [3.05, 3.63) is 63.6 Å². The van der Waals surface area contributed by atoms with E-state index in [9.17, 15) is 4.79 Å². The third-order valence-electron chi connectivity index (χ3n) is 3.32. The van der Waals surface area contributed by atoms with Crippen LogP contribution in [0.1, 0.15) is 15.9 Å². The van der Waals surface area contributed by atoms with Gasteiger partial charge in [-0.3, -0.25) is 4.79 Å². The van der Waals surface area contributed by atoms with Crippen LogP contribution in [-0.2, 0) is 0 Å². The first kappa shape index (κ1) is 13.9. The van der Waals surface area contributed by atoms with Gasteiger partial charge in [0.1, 0.15) is 18.1 Å². The lowest BCUT2D eigenvalue weighted by molar-refractivity contribution is 0.100. The normalized spacial score (nSPS) is 15.5. The first-order valence-corrected chi connectivity index (χ1v) is 7.29. The molecule has 3 nitrogen and oxygen atoms in total. The molecule has 0 fully saturated rings. The van der Waals surface area contributed by atoms with Gasteiger partial charge in [0.2, 0.25) is 0 Å². The average molecular weight is 345 g/mol. The van der Waals surface area contributed by atoms with Gasteiger partial charge in [-0.1, -0.05) is 18.2 Å². The largest absolute Gasteiger partial charge is 0.496 e. The van der Waals surface area contributed by atoms with Crippen molar-refractivity contribution in [2.45, 2.75) is 0 Å². The van der Waals surface area contributed by atoms with Crippen molar-refractivity contribution in [2.24, 2.45) is 0 Å². The van der Waals surface area contributed by atoms with Gasteiger partial charge in [-0.2, -0.15) is 0 Å². The fraction of sp³-hybridized carbons (Fsp3) is 0.118. The highest BCUT2D eigenvalue weighted by molar-refractivity contribution is 9.10. The number of hydrogen-bond acceptors (Lipinski definition) is 3. The lowest BCUT2D eigenvalue weighted by atomic mass is 9.98. The van der Waals surface area contributed by atoms with Crippen LogP contribution in [0.2, 0.25) is 0 Å². The summed E-state index contributed by atoms with van der Waals surface area (Å²) < 4.78 is 11.7. The molecule has 1 aliphatic heterocycles. The molecule has 0 unspecified atom stereocenters. The van der Waals surface area contributed by atoms with Gasteiger partial charge in [-0.15, -0.1) is 0 Å².